The molecule has 3 heterocycles. The minimum absolute atomic E-state index is 0.0230. The van der Waals surface area contributed by atoms with Crippen molar-refractivity contribution < 1.29 is 9.59 Å². The highest BCUT2D eigenvalue weighted by atomic mass is 16.2. The zero-order valence-corrected chi connectivity index (χ0v) is 13.0. The molecular weight excluding hydrogens is 278 g/mol. The van der Waals surface area contributed by atoms with Crippen LogP contribution in [0.2, 0.25) is 0 Å². The van der Waals surface area contributed by atoms with Gasteiger partial charge in [-0.05, 0) is 50.7 Å². The van der Waals surface area contributed by atoms with Crippen molar-refractivity contribution in [2.75, 3.05) is 26.2 Å². The molecule has 118 valence electrons. The lowest BCUT2D eigenvalue weighted by atomic mass is 10.1. The third-order valence-electron chi connectivity index (χ3n) is 4.51. The van der Waals surface area contributed by atoms with E-state index in [9.17, 15) is 9.59 Å². The number of aromatic nitrogens is 1. The fourth-order valence-electron chi connectivity index (χ4n) is 3.22. The Morgan fingerprint density at radius 1 is 0.818 bits per heavy atom. The molecule has 0 N–H and O–H groups in total. The first-order chi connectivity index (χ1) is 10.8. The molecule has 0 unspecified atom stereocenters. The molecule has 0 aromatic carbocycles. The van der Waals surface area contributed by atoms with Gasteiger partial charge in [0.15, 0.2) is 0 Å². The molecule has 22 heavy (non-hydrogen) atoms. The van der Waals surface area contributed by atoms with Gasteiger partial charge >= 0.3 is 0 Å². The molecule has 2 fully saturated rings. The van der Waals surface area contributed by atoms with E-state index in [0.717, 1.165) is 51.9 Å². The average molecular weight is 301 g/mol. The van der Waals surface area contributed by atoms with Crippen LogP contribution in [0.25, 0.3) is 0 Å². The zero-order valence-electron chi connectivity index (χ0n) is 13.0. The molecule has 0 saturated carbocycles. The van der Waals surface area contributed by atoms with E-state index in [1.54, 1.807) is 18.3 Å². The fourth-order valence-corrected chi connectivity index (χ4v) is 3.22. The van der Waals surface area contributed by atoms with Crippen LogP contribution in [-0.2, 0) is 0 Å². The van der Waals surface area contributed by atoms with Gasteiger partial charge in [-0.3, -0.25) is 14.6 Å². The lowest BCUT2D eigenvalue weighted by Gasteiger charge is -2.27. The summed E-state index contributed by atoms with van der Waals surface area (Å²) in [7, 11) is 0. The minimum Gasteiger partial charge on any atom is -0.339 e. The summed E-state index contributed by atoms with van der Waals surface area (Å²) < 4.78 is 0. The smallest absolute Gasteiger partial charge is 0.272 e. The Morgan fingerprint density at radius 2 is 1.36 bits per heavy atom. The second-order valence-electron chi connectivity index (χ2n) is 6.14. The molecule has 2 amide bonds. The largest absolute Gasteiger partial charge is 0.339 e. The number of likely N-dealkylation sites (tertiary alicyclic amines) is 2. The maximum absolute atomic E-state index is 12.5. The van der Waals surface area contributed by atoms with Crippen LogP contribution >= 0.6 is 0 Å². The normalized spacial score (nSPS) is 19.1. The number of carbonyl (C=O) groups excluding carboxylic acids is 2. The molecule has 2 aliphatic heterocycles. The predicted molar refractivity (Wildman–Crippen MR) is 83.7 cm³/mol. The van der Waals surface area contributed by atoms with Gasteiger partial charge in [-0.25, -0.2) is 0 Å². The molecule has 5 nitrogen and oxygen atoms in total. The predicted octanol–water partition coefficient (Wildman–Crippen LogP) is 2.33. The maximum Gasteiger partial charge on any atom is 0.272 e. The first-order valence-electron chi connectivity index (χ1n) is 8.30. The second-order valence-corrected chi connectivity index (χ2v) is 6.14. The van der Waals surface area contributed by atoms with E-state index in [4.69, 9.17) is 0 Å². The lowest BCUT2D eigenvalue weighted by molar-refractivity contribution is 0.0717. The van der Waals surface area contributed by atoms with Crippen molar-refractivity contribution in [2.45, 2.75) is 38.5 Å². The van der Waals surface area contributed by atoms with E-state index in [0.29, 0.717) is 11.3 Å². The Hall–Kier alpha value is -1.91. The van der Waals surface area contributed by atoms with Crippen LogP contribution < -0.4 is 0 Å². The molecule has 0 bridgehead atoms. The summed E-state index contributed by atoms with van der Waals surface area (Å²) in [5, 5.41) is 0. The molecule has 2 saturated heterocycles. The van der Waals surface area contributed by atoms with Crippen molar-refractivity contribution in [2.24, 2.45) is 0 Å². The van der Waals surface area contributed by atoms with E-state index >= 15 is 0 Å². The van der Waals surface area contributed by atoms with Gasteiger partial charge in [-0.2, -0.15) is 0 Å². The van der Waals surface area contributed by atoms with E-state index in [2.05, 4.69) is 4.98 Å². The number of carbonyl (C=O) groups is 2. The molecule has 0 atom stereocenters. The van der Waals surface area contributed by atoms with E-state index in [1.165, 1.54) is 12.8 Å². The van der Waals surface area contributed by atoms with Gasteiger partial charge < -0.3 is 9.80 Å². The van der Waals surface area contributed by atoms with Crippen LogP contribution in [0.1, 0.15) is 59.4 Å². The van der Waals surface area contributed by atoms with Crippen molar-refractivity contribution in [1.29, 1.82) is 0 Å². The molecule has 1 aromatic heterocycles. The summed E-state index contributed by atoms with van der Waals surface area (Å²) in [4.78, 5) is 32.9. The Morgan fingerprint density at radius 3 is 1.95 bits per heavy atom. The van der Waals surface area contributed by atoms with Gasteiger partial charge in [0.05, 0.1) is 0 Å². The van der Waals surface area contributed by atoms with Gasteiger partial charge in [0, 0.05) is 37.9 Å². The molecule has 1 aromatic rings. The molecule has 0 aliphatic carbocycles. The number of piperidine rings is 2. The highest BCUT2D eigenvalue weighted by molar-refractivity contribution is 5.98. The van der Waals surface area contributed by atoms with Gasteiger partial charge in [0.2, 0.25) is 0 Å². The number of nitrogens with zero attached hydrogens (tertiary/aromatic N) is 3. The number of rotatable bonds is 2. The van der Waals surface area contributed by atoms with E-state index in [-0.39, 0.29) is 11.8 Å². The Kier molecular flexibility index (Phi) is 4.71. The third kappa shape index (κ3) is 3.29. The Bertz CT molecular complexity index is 501. The van der Waals surface area contributed by atoms with E-state index in [1.807, 2.05) is 9.80 Å². The zero-order chi connectivity index (χ0) is 15.4. The first-order valence-corrected chi connectivity index (χ1v) is 8.30. The summed E-state index contributed by atoms with van der Waals surface area (Å²) in [5.41, 5.74) is 0.974. The van der Waals surface area contributed by atoms with Crippen LogP contribution in [0.3, 0.4) is 0 Å². The summed E-state index contributed by atoms with van der Waals surface area (Å²) in [6.45, 7) is 3.22. The monoisotopic (exact) mass is 301 g/mol. The first kappa shape index (κ1) is 15.0. The van der Waals surface area contributed by atoms with Crippen LogP contribution in [-0.4, -0.2) is 52.8 Å². The quantitative estimate of drug-likeness (QED) is 0.842. The fraction of sp³-hybridized carbons (Fsp3) is 0.588. The highest BCUT2D eigenvalue weighted by Gasteiger charge is 2.22. The van der Waals surface area contributed by atoms with Crippen LogP contribution in [0.15, 0.2) is 18.3 Å². The van der Waals surface area contributed by atoms with Crippen molar-refractivity contribution in [1.82, 2.24) is 14.8 Å². The van der Waals surface area contributed by atoms with Crippen molar-refractivity contribution in [3.63, 3.8) is 0 Å². The molecule has 2 aliphatic rings. The van der Waals surface area contributed by atoms with Crippen molar-refractivity contribution in [3.05, 3.63) is 29.6 Å². The third-order valence-corrected chi connectivity index (χ3v) is 4.51. The maximum atomic E-state index is 12.5. The van der Waals surface area contributed by atoms with Gasteiger partial charge in [-0.1, -0.05) is 0 Å². The summed E-state index contributed by atoms with van der Waals surface area (Å²) >= 11 is 0. The van der Waals surface area contributed by atoms with E-state index < -0.39 is 0 Å². The Labute approximate surface area is 131 Å². The topological polar surface area (TPSA) is 53.5 Å². The molecule has 5 heteroatoms. The van der Waals surface area contributed by atoms with Crippen molar-refractivity contribution in [3.8, 4) is 0 Å². The van der Waals surface area contributed by atoms with Gasteiger partial charge in [0.1, 0.15) is 5.69 Å². The number of hydrogen-bond acceptors (Lipinski definition) is 3. The molecule has 0 spiro atoms. The van der Waals surface area contributed by atoms with Crippen molar-refractivity contribution >= 4 is 11.8 Å². The highest BCUT2D eigenvalue weighted by Crippen LogP contribution is 2.16. The van der Waals surface area contributed by atoms with Crippen LogP contribution in [0.5, 0.6) is 0 Å². The van der Waals surface area contributed by atoms with Crippen LogP contribution in [0, 0.1) is 0 Å². The lowest BCUT2D eigenvalue weighted by Crippen LogP contribution is -2.37. The number of amides is 2. The summed E-state index contributed by atoms with van der Waals surface area (Å²) in [6, 6.07) is 3.37. The molecular formula is C17H23N3O2. The summed E-state index contributed by atoms with van der Waals surface area (Å²) in [5.74, 6) is -0.0252. The van der Waals surface area contributed by atoms with Crippen LogP contribution in [0.4, 0.5) is 0 Å². The minimum atomic E-state index is -0.0482. The standard InChI is InChI=1S/C17H23N3O2/c21-16(19-9-3-1-4-10-19)14-7-8-18-15(13-14)17(22)20-11-5-2-6-12-20/h7-8,13H,1-6,9-12H2. The summed E-state index contributed by atoms with van der Waals surface area (Å²) in [6.07, 6.45) is 8.20. The molecule has 0 radical (unpaired) electrons. The van der Waals surface area contributed by atoms with Gasteiger partial charge in [0.25, 0.3) is 11.8 Å². The number of pyridine rings is 1. The SMILES string of the molecule is O=C(c1ccnc(C(=O)N2CCCCC2)c1)N1CCCCC1. The average Bonchev–Trinajstić information content (AvgIpc) is 2.62. The molecule has 3 rings (SSSR count). The number of hydrogen-bond donors (Lipinski definition) is 0. The Balaban J connectivity index is 1.73. The van der Waals surface area contributed by atoms with Gasteiger partial charge in [-0.15, -0.1) is 0 Å². The second kappa shape index (κ2) is 6.90.